The summed E-state index contributed by atoms with van der Waals surface area (Å²) in [6, 6.07) is 16.1. The second-order valence-electron chi connectivity index (χ2n) is 6.90. The third kappa shape index (κ3) is 4.22. The minimum Gasteiger partial charge on any atom is -0.0648 e. The van der Waals surface area contributed by atoms with Crippen molar-refractivity contribution in [3.8, 4) is 0 Å². The van der Waals surface area contributed by atoms with Gasteiger partial charge in [0.25, 0.3) is 0 Å². The van der Waals surface area contributed by atoms with Crippen LogP contribution < -0.4 is 0 Å². The standard InChI is InChI=1S/C22H30/c1-6-20(22-15-17(4)7-8-18(22)5)12-9-19-10-13-21(14-11-19)16(2)3/h7-8,10-11,13-16,20H,6,9,12H2,1-5H3. The van der Waals surface area contributed by atoms with Gasteiger partial charge in [-0.15, -0.1) is 0 Å². The van der Waals surface area contributed by atoms with Crippen molar-refractivity contribution in [3.05, 3.63) is 70.3 Å². The van der Waals surface area contributed by atoms with Gasteiger partial charge in [-0.05, 0) is 67.2 Å². The molecule has 0 spiro atoms. The van der Waals surface area contributed by atoms with Gasteiger partial charge in [0, 0.05) is 0 Å². The van der Waals surface area contributed by atoms with Crippen LogP contribution in [0.2, 0.25) is 0 Å². The Morgan fingerprint density at radius 2 is 1.59 bits per heavy atom. The number of benzene rings is 2. The largest absolute Gasteiger partial charge is 0.0648 e. The Kier molecular flexibility index (Phi) is 5.83. The average molecular weight is 294 g/mol. The average Bonchev–Trinajstić information content (AvgIpc) is 2.51. The lowest BCUT2D eigenvalue weighted by atomic mass is 9.86. The minimum absolute atomic E-state index is 0.618. The van der Waals surface area contributed by atoms with Crippen LogP contribution in [0.4, 0.5) is 0 Å². The Morgan fingerprint density at radius 3 is 2.18 bits per heavy atom. The molecule has 0 heteroatoms. The van der Waals surface area contributed by atoms with Crippen LogP contribution >= 0.6 is 0 Å². The summed E-state index contributed by atoms with van der Waals surface area (Å²) in [5, 5.41) is 0. The molecule has 0 aliphatic carbocycles. The topological polar surface area (TPSA) is 0 Å². The zero-order chi connectivity index (χ0) is 16.1. The van der Waals surface area contributed by atoms with E-state index in [1.807, 2.05) is 0 Å². The fraction of sp³-hybridized carbons (Fsp3) is 0.455. The van der Waals surface area contributed by atoms with Crippen molar-refractivity contribution in [1.82, 2.24) is 0 Å². The second kappa shape index (κ2) is 7.63. The Hall–Kier alpha value is -1.56. The summed E-state index contributed by atoms with van der Waals surface area (Å²) in [5.41, 5.74) is 7.26. The first-order valence-corrected chi connectivity index (χ1v) is 8.67. The van der Waals surface area contributed by atoms with Crippen molar-refractivity contribution in [2.45, 2.75) is 65.7 Å². The van der Waals surface area contributed by atoms with E-state index in [4.69, 9.17) is 0 Å². The number of aryl methyl sites for hydroxylation is 3. The summed E-state index contributed by atoms with van der Waals surface area (Å²) in [4.78, 5) is 0. The maximum absolute atomic E-state index is 2.38. The van der Waals surface area contributed by atoms with Gasteiger partial charge in [-0.3, -0.25) is 0 Å². The molecule has 0 bridgehead atoms. The first kappa shape index (κ1) is 16.8. The van der Waals surface area contributed by atoms with E-state index in [9.17, 15) is 0 Å². The van der Waals surface area contributed by atoms with Crippen molar-refractivity contribution in [2.75, 3.05) is 0 Å². The van der Waals surface area contributed by atoms with Crippen molar-refractivity contribution in [1.29, 1.82) is 0 Å². The number of hydrogen-bond donors (Lipinski definition) is 0. The monoisotopic (exact) mass is 294 g/mol. The minimum atomic E-state index is 0.618. The van der Waals surface area contributed by atoms with Crippen molar-refractivity contribution < 1.29 is 0 Å². The molecule has 2 aromatic rings. The summed E-state index contributed by atoms with van der Waals surface area (Å²) in [5.74, 6) is 1.29. The third-order valence-electron chi connectivity index (χ3n) is 4.80. The van der Waals surface area contributed by atoms with Gasteiger partial charge < -0.3 is 0 Å². The van der Waals surface area contributed by atoms with Crippen LogP contribution in [0.15, 0.2) is 42.5 Å². The van der Waals surface area contributed by atoms with Gasteiger partial charge in [0.1, 0.15) is 0 Å². The van der Waals surface area contributed by atoms with Crippen molar-refractivity contribution in [3.63, 3.8) is 0 Å². The summed E-state index contributed by atoms with van der Waals surface area (Å²) >= 11 is 0. The smallest absolute Gasteiger partial charge is 0.0159 e. The fourth-order valence-electron chi connectivity index (χ4n) is 3.19. The number of hydrogen-bond acceptors (Lipinski definition) is 0. The highest BCUT2D eigenvalue weighted by atomic mass is 14.2. The zero-order valence-corrected chi connectivity index (χ0v) is 14.8. The zero-order valence-electron chi connectivity index (χ0n) is 14.8. The summed E-state index contributed by atoms with van der Waals surface area (Å²) < 4.78 is 0. The van der Waals surface area contributed by atoms with Crippen LogP contribution in [0, 0.1) is 13.8 Å². The quantitative estimate of drug-likeness (QED) is 0.566. The van der Waals surface area contributed by atoms with E-state index in [1.54, 1.807) is 5.56 Å². The molecule has 0 fully saturated rings. The molecule has 1 unspecified atom stereocenters. The predicted molar refractivity (Wildman–Crippen MR) is 97.8 cm³/mol. The molecule has 0 radical (unpaired) electrons. The lowest BCUT2D eigenvalue weighted by molar-refractivity contribution is 0.602. The Balaban J connectivity index is 2.06. The summed E-state index contributed by atoms with van der Waals surface area (Å²) in [6.07, 6.45) is 3.63. The molecule has 0 aliphatic rings. The molecule has 1 atom stereocenters. The van der Waals surface area contributed by atoms with E-state index in [2.05, 4.69) is 77.1 Å². The second-order valence-corrected chi connectivity index (χ2v) is 6.90. The predicted octanol–water partition coefficient (Wildman–Crippen LogP) is 6.55. The molecule has 0 N–H and O–H groups in total. The van der Waals surface area contributed by atoms with Crippen molar-refractivity contribution >= 4 is 0 Å². The molecule has 2 aromatic carbocycles. The van der Waals surface area contributed by atoms with Gasteiger partial charge in [-0.25, -0.2) is 0 Å². The molecular weight excluding hydrogens is 264 g/mol. The molecule has 0 aromatic heterocycles. The summed E-state index contributed by atoms with van der Waals surface area (Å²) in [7, 11) is 0. The molecular formula is C22H30. The van der Waals surface area contributed by atoms with E-state index in [1.165, 1.54) is 41.5 Å². The van der Waals surface area contributed by atoms with E-state index < -0.39 is 0 Å². The van der Waals surface area contributed by atoms with Crippen LogP contribution in [0.25, 0.3) is 0 Å². The van der Waals surface area contributed by atoms with Crippen LogP contribution in [-0.2, 0) is 6.42 Å². The van der Waals surface area contributed by atoms with Gasteiger partial charge in [0.15, 0.2) is 0 Å². The third-order valence-corrected chi connectivity index (χ3v) is 4.80. The Morgan fingerprint density at radius 1 is 0.909 bits per heavy atom. The van der Waals surface area contributed by atoms with E-state index in [-0.39, 0.29) is 0 Å². The van der Waals surface area contributed by atoms with Gasteiger partial charge in [0.05, 0.1) is 0 Å². The highest BCUT2D eigenvalue weighted by molar-refractivity contribution is 5.33. The maximum Gasteiger partial charge on any atom is -0.0159 e. The van der Waals surface area contributed by atoms with Gasteiger partial charge in [-0.1, -0.05) is 68.8 Å². The normalized spacial score (nSPS) is 12.6. The molecule has 22 heavy (non-hydrogen) atoms. The van der Waals surface area contributed by atoms with Crippen molar-refractivity contribution in [2.24, 2.45) is 0 Å². The molecule has 0 aliphatic heterocycles. The number of rotatable bonds is 6. The lowest BCUT2D eigenvalue weighted by Crippen LogP contribution is -2.03. The van der Waals surface area contributed by atoms with Crippen LogP contribution in [0.3, 0.4) is 0 Å². The van der Waals surface area contributed by atoms with E-state index in [0.717, 1.165) is 0 Å². The molecule has 118 valence electrons. The summed E-state index contributed by atoms with van der Waals surface area (Å²) in [6.45, 7) is 11.3. The van der Waals surface area contributed by atoms with E-state index in [0.29, 0.717) is 11.8 Å². The molecule has 0 amide bonds. The SMILES string of the molecule is CCC(CCc1ccc(C(C)C)cc1)c1cc(C)ccc1C. The van der Waals surface area contributed by atoms with E-state index >= 15 is 0 Å². The molecule has 0 saturated carbocycles. The maximum atomic E-state index is 2.38. The molecule has 0 saturated heterocycles. The Labute approximate surface area is 136 Å². The van der Waals surface area contributed by atoms with Crippen LogP contribution in [0.1, 0.15) is 73.3 Å². The van der Waals surface area contributed by atoms with Crippen LogP contribution in [-0.4, -0.2) is 0 Å². The highest BCUT2D eigenvalue weighted by Crippen LogP contribution is 2.28. The fourth-order valence-corrected chi connectivity index (χ4v) is 3.19. The molecule has 2 rings (SSSR count). The molecule has 0 nitrogen and oxygen atoms in total. The lowest BCUT2D eigenvalue weighted by Gasteiger charge is -2.19. The Bertz CT molecular complexity index is 590. The van der Waals surface area contributed by atoms with Gasteiger partial charge >= 0.3 is 0 Å². The first-order valence-electron chi connectivity index (χ1n) is 8.67. The first-order chi connectivity index (χ1) is 10.5. The highest BCUT2D eigenvalue weighted by Gasteiger charge is 2.12. The molecule has 0 heterocycles. The van der Waals surface area contributed by atoms with Crippen LogP contribution in [0.5, 0.6) is 0 Å². The van der Waals surface area contributed by atoms with Gasteiger partial charge in [0.2, 0.25) is 0 Å². The van der Waals surface area contributed by atoms with Gasteiger partial charge in [-0.2, -0.15) is 0 Å².